The lowest BCUT2D eigenvalue weighted by Gasteiger charge is -2.17. The largest absolute Gasteiger partial charge is 0.455 e. The molecule has 0 saturated heterocycles. The summed E-state index contributed by atoms with van der Waals surface area (Å²) in [5.74, 6) is 1.44. The van der Waals surface area contributed by atoms with Gasteiger partial charge in [0, 0.05) is 38.2 Å². The topological polar surface area (TPSA) is 56.7 Å². The lowest BCUT2D eigenvalue weighted by atomic mass is 9.99. The number of fused-ring (bicyclic) bond motifs is 8. The third-order valence-electron chi connectivity index (χ3n) is 9.02. The van der Waals surface area contributed by atoms with Crippen LogP contribution in [0.1, 0.15) is 0 Å². The molecule has 0 unspecified atom stereocenters. The molecule has 2 aromatic heterocycles. The van der Waals surface area contributed by atoms with Gasteiger partial charge in [0.2, 0.25) is 5.95 Å². The van der Waals surface area contributed by atoms with Gasteiger partial charge in [-0.15, -0.1) is 0 Å². The molecule has 0 atom stereocenters. The fourth-order valence-electron chi connectivity index (χ4n) is 6.86. The smallest absolute Gasteiger partial charge is 0.237 e. The first-order valence-electron chi connectivity index (χ1n) is 15.4. The van der Waals surface area contributed by atoms with Gasteiger partial charge in [0.1, 0.15) is 17.0 Å². The third kappa shape index (κ3) is 3.66. The van der Waals surface area contributed by atoms with E-state index in [9.17, 15) is 0 Å². The van der Waals surface area contributed by atoms with Gasteiger partial charge in [0.05, 0.1) is 22.2 Å². The van der Waals surface area contributed by atoms with E-state index in [4.69, 9.17) is 19.4 Å². The molecule has 214 valence electrons. The van der Waals surface area contributed by atoms with E-state index in [1.165, 1.54) is 0 Å². The first kappa shape index (κ1) is 25.0. The van der Waals surface area contributed by atoms with Crippen LogP contribution < -0.4 is 0 Å². The number of para-hydroxylation sites is 5. The standard InChI is InChI=1S/C41H24N4O/c1-7-18-36-27(10-1)24-33-29-11-2-5-16-34(29)42-40(33)45(36)41-43-35-17-6-3-13-32(35)38(44-41)26-22-20-25(21-23-26)28-14-9-15-31-30-12-4-8-19-37(30)46-39(28)31/h1-24H. The SMILES string of the molecule is c1ccc2c(c1)cc1c3ccccc3nc-1n2-c1nc(-c2ccc(-c3cccc4c3oc3ccccc34)cc2)c2ccccc2n1. The molecule has 0 N–H and O–H groups in total. The predicted molar refractivity (Wildman–Crippen MR) is 186 cm³/mol. The van der Waals surface area contributed by atoms with Crippen LogP contribution in [0.15, 0.2) is 150 Å². The minimum Gasteiger partial charge on any atom is -0.455 e. The highest BCUT2D eigenvalue weighted by atomic mass is 16.3. The lowest BCUT2D eigenvalue weighted by molar-refractivity contribution is 0.670. The van der Waals surface area contributed by atoms with E-state index >= 15 is 0 Å². The minimum absolute atomic E-state index is 0.592. The molecule has 5 nitrogen and oxygen atoms in total. The summed E-state index contributed by atoms with van der Waals surface area (Å²) in [5.41, 5.74) is 9.76. The second kappa shape index (κ2) is 9.58. The molecule has 2 aliphatic rings. The van der Waals surface area contributed by atoms with Crippen molar-refractivity contribution in [1.29, 1.82) is 0 Å². The molecule has 4 heterocycles. The molecule has 0 bridgehead atoms. The molecule has 0 radical (unpaired) electrons. The molecule has 2 aliphatic heterocycles. The molecular formula is C41H24N4O. The molecule has 0 saturated carbocycles. The van der Waals surface area contributed by atoms with E-state index in [2.05, 4.69) is 120 Å². The highest BCUT2D eigenvalue weighted by Crippen LogP contribution is 2.39. The number of furan rings is 1. The Morgan fingerprint density at radius 1 is 0.478 bits per heavy atom. The summed E-state index contributed by atoms with van der Waals surface area (Å²) in [4.78, 5) is 15.5. The summed E-state index contributed by atoms with van der Waals surface area (Å²) in [5, 5.41) is 5.47. The molecule has 46 heavy (non-hydrogen) atoms. The molecule has 8 aromatic rings. The quantitative estimate of drug-likeness (QED) is 0.206. The van der Waals surface area contributed by atoms with Crippen molar-refractivity contribution in [2.45, 2.75) is 0 Å². The molecule has 0 fully saturated rings. The maximum atomic E-state index is 6.34. The number of pyridine rings is 1. The molecule has 0 aliphatic carbocycles. The fourth-order valence-corrected chi connectivity index (χ4v) is 6.86. The number of rotatable bonds is 3. The van der Waals surface area contributed by atoms with Crippen molar-refractivity contribution in [1.82, 2.24) is 19.5 Å². The van der Waals surface area contributed by atoms with Crippen LogP contribution in [0, 0.1) is 0 Å². The Morgan fingerprint density at radius 3 is 2.02 bits per heavy atom. The maximum absolute atomic E-state index is 6.34. The van der Waals surface area contributed by atoms with Crippen LogP contribution in [0.4, 0.5) is 0 Å². The van der Waals surface area contributed by atoms with Crippen LogP contribution in [0.3, 0.4) is 0 Å². The highest BCUT2D eigenvalue weighted by molar-refractivity contribution is 6.09. The fraction of sp³-hybridized carbons (Fsp3) is 0. The van der Waals surface area contributed by atoms with Gasteiger partial charge in [0.15, 0.2) is 0 Å². The molecule has 10 rings (SSSR count). The van der Waals surface area contributed by atoms with Crippen molar-refractivity contribution < 1.29 is 4.42 Å². The van der Waals surface area contributed by atoms with Gasteiger partial charge < -0.3 is 4.42 Å². The zero-order chi connectivity index (χ0) is 30.2. The van der Waals surface area contributed by atoms with Crippen molar-refractivity contribution in [2.75, 3.05) is 0 Å². The second-order valence-corrected chi connectivity index (χ2v) is 11.7. The summed E-state index contributed by atoms with van der Waals surface area (Å²) < 4.78 is 8.45. The van der Waals surface area contributed by atoms with Crippen LogP contribution in [0.25, 0.3) is 94.4 Å². The monoisotopic (exact) mass is 588 g/mol. The molecular weight excluding hydrogens is 564 g/mol. The second-order valence-electron chi connectivity index (χ2n) is 11.7. The lowest BCUT2D eigenvalue weighted by Crippen LogP contribution is -2.08. The Labute approximate surface area is 263 Å². The van der Waals surface area contributed by atoms with Gasteiger partial charge in [-0.3, -0.25) is 4.57 Å². The molecule has 0 amide bonds. The van der Waals surface area contributed by atoms with Crippen molar-refractivity contribution in [3.63, 3.8) is 0 Å². The average molecular weight is 589 g/mol. The Morgan fingerprint density at radius 2 is 1.15 bits per heavy atom. The third-order valence-corrected chi connectivity index (χ3v) is 9.02. The van der Waals surface area contributed by atoms with Gasteiger partial charge in [0.25, 0.3) is 0 Å². The highest BCUT2D eigenvalue weighted by Gasteiger charge is 2.22. The van der Waals surface area contributed by atoms with E-state index in [0.717, 1.165) is 88.4 Å². The van der Waals surface area contributed by atoms with E-state index in [-0.39, 0.29) is 0 Å². The van der Waals surface area contributed by atoms with E-state index in [1.54, 1.807) is 0 Å². The summed E-state index contributed by atoms with van der Waals surface area (Å²) in [7, 11) is 0. The molecule has 6 aromatic carbocycles. The summed E-state index contributed by atoms with van der Waals surface area (Å²) >= 11 is 0. The number of aromatic nitrogens is 4. The zero-order valence-corrected chi connectivity index (χ0v) is 24.6. The number of hydrogen-bond acceptors (Lipinski definition) is 4. The van der Waals surface area contributed by atoms with Crippen LogP contribution in [0.5, 0.6) is 0 Å². The normalized spacial score (nSPS) is 11.9. The Kier molecular flexibility index (Phi) is 5.22. The van der Waals surface area contributed by atoms with Crippen LogP contribution >= 0.6 is 0 Å². The van der Waals surface area contributed by atoms with Crippen molar-refractivity contribution in [3.05, 3.63) is 146 Å². The Hall–Kier alpha value is -6.33. The van der Waals surface area contributed by atoms with Gasteiger partial charge in [-0.1, -0.05) is 115 Å². The summed E-state index contributed by atoms with van der Waals surface area (Å²) in [6.07, 6.45) is 0. The number of nitrogens with zero attached hydrogens (tertiary/aromatic N) is 4. The summed E-state index contributed by atoms with van der Waals surface area (Å²) in [6, 6.07) is 50.2. The average Bonchev–Trinajstić information content (AvgIpc) is 3.68. The van der Waals surface area contributed by atoms with Crippen molar-refractivity contribution in [3.8, 4) is 39.7 Å². The van der Waals surface area contributed by atoms with Crippen LogP contribution in [-0.4, -0.2) is 19.5 Å². The Bertz CT molecular complexity index is 2750. The predicted octanol–water partition coefficient (Wildman–Crippen LogP) is 10.5. The van der Waals surface area contributed by atoms with E-state index in [1.807, 2.05) is 30.3 Å². The van der Waals surface area contributed by atoms with Crippen LogP contribution in [-0.2, 0) is 0 Å². The van der Waals surface area contributed by atoms with Crippen molar-refractivity contribution in [2.24, 2.45) is 0 Å². The zero-order valence-electron chi connectivity index (χ0n) is 24.6. The minimum atomic E-state index is 0.592. The number of hydrogen-bond donors (Lipinski definition) is 0. The van der Waals surface area contributed by atoms with Crippen molar-refractivity contribution >= 4 is 54.6 Å². The van der Waals surface area contributed by atoms with E-state index in [0.29, 0.717) is 5.95 Å². The molecule has 0 spiro atoms. The molecule has 5 heteroatoms. The summed E-state index contributed by atoms with van der Waals surface area (Å²) in [6.45, 7) is 0. The first-order valence-corrected chi connectivity index (χ1v) is 15.4. The number of benzene rings is 6. The Balaban J connectivity index is 1.18. The van der Waals surface area contributed by atoms with Gasteiger partial charge >= 0.3 is 0 Å². The van der Waals surface area contributed by atoms with Crippen LogP contribution in [0.2, 0.25) is 0 Å². The maximum Gasteiger partial charge on any atom is 0.237 e. The van der Waals surface area contributed by atoms with E-state index < -0.39 is 0 Å². The van der Waals surface area contributed by atoms with Gasteiger partial charge in [-0.2, -0.15) is 0 Å². The first-order chi connectivity index (χ1) is 22.8. The van der Waals surface area contributed by atoms with Gasteiger partial charge in [-0.05, 0) is 41.3 Å². The van der Waals surface area contributed by atoms with Gasteiger partial charge in [-0.25, -0.2) is 15.0 Å².